The van der Waals surface area contributed by atoms with Crippen LogP contribution in [0.5, 0.6) is 0 Å². The SMILES string of the molecule is O=C1C[C@H]2CC[C@@H]1[C@]2(c1ccccc1)c1ccccn1. The summed E-state index contributed by atoms with van der Waals surface area (Å²) in [5, 5.41) is 0. The van der Waals surface area contributed by atoms with E-state index >= 15 is 0 Å². The Kier molecular flexibility index (Phi) is 2.53. The number of rotatable bonds is 2. The molecule has 2 bridgehead atoms. The number of carbonyl (C=O) groups is 1. The third kappa shape index (κ3) is 1.39. The lowest BCUT2D eigenvalue weighted by atomic mass is 9.69. The Morgan fingerprint density at radius 1 is 1.00 bits per heavy atom. The van der Waals surface area contributed by atoms with Crippen molar-refractivity contribution in [2.75, 3.05) is 0 Å². The summed E-state index contributed by atoms with van der Waals surface area (Å²) in [4.78, 5) is 17.0. The zero-order valence-electron chi connectivity index (χ0n) is 11.3. The molecule has 1 aromatic carbocycles. The van der Waals surface area contributed by atoms with E-state index in [1.54, 1.807) is 0 Å². The van der Waals surface area contributed by atoms with Crippen molar-refractivity contribution in [3.05, 3.63) is 66.0 Å². The van der Waals surface area contributed by atoms with Crippen molar-refractivity contribution in [2.45, 2.75) is 24.7 Å². The molecule has 2 nitrogen and oxygen atoms in total. The highest BCUT2D eigenvalue weighted by Crippen LogP contribution is 2.60. The Morgan fingerprint density at radius 3 is 2.40 bits per heavy atom. The average Bonchev–Trinajstić information content (AvgIpc) is 3.01. The van der Waals surface area contributed by atoms with E-state index in [4.69, 9.17) is 0 Å². The van der Waals surface area contributed by atoms with Gasteiger partial charge in [-0.2, -0.15) is 0 Å². The van der Waals surface area contributed by atoms with Crippen molar-refractivity contribution in [2.24, 2.45) is 11.8 Å². The summed E-state index contributed by atoms with van der Waals surface area (Å²) in [5.74, 6) is 0.956. The number of hydrogen-bond acceptors (Lipinski definition) is 2. The van der Waals surface area contributed by atoms with Crippen LogP contribution in [0.1, 0.15) is 30.5 Å². The molecule has 2 saturated carbocycles. The maximum absolute atomic E-state index is 12.4. The summed E-state index contributed by atoms with van der Waals surface area (Å²) in [5.41, 5.74) is 2.15. The summed E-state index contributed by atoms with van der Waals surface area (Å²) in [6.45, 7) is 0. The summed E-state index contributed by atoms with van der Waals surface area (Å²) in [6.07, 6.45) is 4.72. The van der Waals surface area contributed by atoms with Gasteiger partial charge < -0.3 is 0 Å². The minimum atomic E-state index is -0.181. The lowest BCUT2D eigenvalue weighted by Gasteiger charge is -2.34. The molecule has 0 amide bonds. The predicted molar refractivity (Wildman–Crippen MR) is 77.3 cm³/mol. The van der Waals surface area contributed by atoms with E-state index in [9.17, 15) is 4.79 Å². The molecule has 2 fully saturated rings. The van der Waals surface area contributed by atoms with Gasteiger partial charge in [0, 0.05) is 18.5 Å². The van der Waals surface area contributed by atoms with Gasteiger partial charge in [-0.3, -0.25) is 9.78 Å². The first-order valence-electron chi connectivity index (χ1n) is 7.33. The number of aromatic nitrogens is 1. The Morgan fingerprint density at radius 2 is 1.80 bits per heavy atom. The minimum absolute atomic E-state index is 0.116. The Bertz CT molecular complexity index is 595. The second-order valence-electron chi connectivity index (χ2n) is 5.95. The number of benzene rings is 1. The molecule has 0 aliphatic heterocycles. The van der Waals surface area contributed by atoms with Crippen LogP contribution in [0.15, 0.2) is 54.7 Å². The zero-order valence-corrected chi connectivity index (χ0v) is 11.3. The highest BCUT2D eigenvalue weighted by molar-refractivity contribution is 5.88. The number of carbonyl (C=O) groups excluding carboxylic acids is 1. The smallest absolute Gasteiger partial charge is 0.137 e. The normalized spacial score (nSPS) is 31.7. The van der Waals surface area contributed by atoms with Crippen LogP contribution in [-0.2, 0) is 10.2 Å². The van der Waals surface area contributed by atoms with E-state index < -0.39 is 0 Å². The third-order valence-corrected chi connectivity index (χ3v) is 5.17. The standard InChI is InChI=1S/C18H17NO/c20-16-12-14-9-10-15(16)18(14,13-6-2-1-3-7-13)17-8-4-5-11-19-17/h1-8,11,14-15H,9-10,12H2/t14-,15+,18-/m1/s1. The molecular weight excluding hydrogens is 246 g/mol. The van der Waals surface area contributed by atoms with E-state index in [-0.39, 0.29) is 11.3 Å². The maximum atomic E-state index is 12.4. The van der Waals surface area contributed by atoms with Gasteiger partial charge in [0.1, 0.15) is 5.78 Å². The maximum Gasteiger partial charge on any atom is 0.137 e. The van der Waals surface area contributed by atoms with E-state index in [2.05, 4.69) is 35.3 Å². The Hall–Kier alpha value is -1.96. The quantitative estimate of drug-likeness (QED) is 0.831. The van der Waals surface area contributed by atoms with Crippen molar-refractivity contribution in [3.63, 3.8) is 0 Å². The van der Waals surface area contributed by atoms with E-state index in [1.807, 2.05) is 24.4 Å². The van der Waals surface area contributed by atoms with Gasteiger partial charge >= 0.3 is 0 Å². The number of ketones is 1. The van der Waals surface area contributed by atoms with Crippen molar-refractivity contribution >= 4 is 5.78 Å². The molecule has 100 valence electrons. The van der Waals surface area contributed by atoms with Crippen molar-refractivity contribution in [1.82, 2.24) is 4.98 Å². The summed E-state index contributed by atoms with van der Waals surface area (Å²) in [7, 11) is 0. The molecule has 2 aliphatic rings. The molecule has 0 unspecified atom stereocenters. The largest absolute Gasteiger partial charge is 0.299 e. The minimum Gasteiger partial charge on any atom is -0.299 e. The molecule has 3 atom stereocenters. The van der Waals surface area contributed by atoms with Gasteiger partial charge in [-0.05, 0) is 36.5 Å². The zero-order chi connectivity index (χ0) is 13.6. The van der Waals surface area contributed by atoms with Crippen LogP contribution in [-0.4, -0.2) is 10.8 Å². The van der Waals surface area contributed by atoms with Crippen LogP contribution < -0.4 is 0 Å². The number of Topliss-reactive ketones (excluding diaryl/α,β-unsaturated/α-hetero) is 1. The molecule has 2 aromatic rings. The van der Waals surface area contributed by atoms with Crippen LogP contribution in [0.2, 0.25) is 0 Å². The Balaban J connectivity index is 1.98. The molecule has 2 heteroatoms. The van der Waals surface area contributed by atoms with E-state index in [0.717, 1.165) is 25.0 Å². The van der Waals surface area contributed by atoms with Crippen LogP contribution in [0, 0.1) is 11.8 Å². The predicted octanol–water partition coefficient (Wildman–Crippen LogP) is 3.37. The molecule has 1 heterocycles. The van der Waals surface area contributed by atoms with E-state index in [0.29, 0.717) is 11.7 Å². The first-order chi connectivity index (χ1) is 9.83. The van der Waals surface area contributed by atoms with Crippen LogP contribution >= 0.6 is 0 Å². The number of hydrogen-bond donors (Lipinski definition) is 0. The highest BCUT2D eigenvalue weighted by Gasteiger charge is 2.61. The Labute approximate surface area is 118 Å². The highest BCUT2D eigenvalue weighted by atomic mass is 16.1. The molecule has 20 heavy (non-hydrogen) atoms. The lowest BCUT2D eigenvalue weighted by Crippen LogP contribution is -2.35. The van der Waals surface area contributed by atoms with Crippen LogP contribution in [0.3, 0.4) is 0 Å². The fourth-order valence-electron chi connectivity index (χ4n) is 4.46. The molecule has 0 saturated heterocycles. The van der Waals surface area contributed by atoms with Gasteiger partial charge in [0.2, 0.25) is 0 Å². The first-order valence-corrected chi connectivity index (χ1v) is 7.33. The van der Waals surface area contributed by atoms with Gasteiger partial charge in [0.25, 0.3) is 0 Å². The lowest BCUT2D eigenvalue weighted by molar-refractivity contribution is -0.122. The van der Waals surface area contributed by atoms with Gasteiger partial charge in [-0.25, -0.2) is 0 Å². The molecule has 0 N–H and O–H groups in total. The second kappa shape index (κ2) is 4.27. The van der Waals surface area contributed by atoms with Gasteiger partial charge in [0.15, 0.2) is 0 Å². The van der Waals surface area contributed by atoms with Gasteiger partial charge in [0.05, 0.1) is 11.1 Å². The van der Waals surface area contributed by atoms with Crippen molar-refractivity contribution in [3.8, 4) is 0 Å². The van der Waals surface area contributed by atoms with Gasteiger partial charge in [-0.1, -0.05) is 36.4 Å². The molecular formula is C18H17NO. The van der Waals surface area contributed by atoms with E-state index in [1.165, 1.54) is 5.56 Å². The fourth-order valence-corrected chi connectivity index (χ4v) is 4.46. The van der Waals surface area contributed by atoms with Crippen molar-refractivity contribution in [1.29, 1.82) is 0 Å². The number of fused-ring (bicyclic) bond motifs is 2. The second-order valence-corrected chi connectivity index (χ2v) is 5.95. The number of pyridine rings is 1. The molecule has 0 spiro atoms. The number of nitrogens with zero attached hydrogens (tertiary/aromatic N) is 1. The first kappa shape index (κ1) is 11.8. The summed E-state index contributed by atoms with van der Waals surface area (Å²) in [6, 6.07) is 16.6. The average molecular weight is 263 g/mol. The molecule has 2 aliphatic carbocycles. The summed E-state index contributed by atoms with van der Waals surface area (Å²) < 4.78 is 0. The molecule has 1 aromatic heterocycles. The van der Waals surface area contributed by atoms with Gasteiger partial charge in [-0.15, -0.1) is 0 Å². The molecule has 0 radical (unpaired) electrons. The van der Waals surface area contributed by atoms with Crippen molar-refractivity contribution < 1.29 is 4.79 Å². The van der Waals surface area contributed by atoms with Crippen LogP contribution in [0.4, 0.5) is 0 Å². The monoisotopic (exact) mass is 263 g/mol. The topological polar surface area (TPSA) is 30.0 Å². The van der Waals surface area contributed by atoms with Crippen LogP contribution in [0.25, 0.3) is 0 Å². The fraction of sp³-hybridized carbons (Fsp3) is 0.333. The third-order valence-electron chi connectivity index (χ3n) is 5.17. The molecule has 4 rings (SSSR count). The summed E-state index contributed by atoms with van der Waals surface area (Å²) >= 11 is 0.